The average molecular weight is 218 g/mol. The van der Waals surface area contributed by atoms with Gasteiger partial charge in [0.2, 0.25) is 0 Å². The highest BCUT2D eigenvalue weighted by atomic mass is 16.4. The molecule has 16 heavy (non-hydrogen) atoms. The lowest BCUT2D eigenvalue weighted by Gasteiger charge is -2.31. The highest BCUT2D eigenvalue weighted by molar-refractivity contribution is 5.74. The molecule has 0 bridgehead atoms. The first-order valence-corrected chi connectivity index (χ1v) is 5.77. The molecule has 3 heteroatoms. The van der Waals surface area contributed by atoms with Gasteiger partial charge in [-0.1, -0.05) is 19.1 Å². The van der Waals surface area contributed by atoms with Gasteiger partial charge in [0.05, 0.1) is 6.21 Å². The number of rotatable bonds is 2. The summed E-state index contributed by atoms with van der Waals surface area (Å²) in [6.07, 6.45) is 3.70. The first-order valence-electron chi connectivity index (χ1n) is 5.77. The van der Waals surface area contributed by atoms with Crippen LogP contribution >= 0.6 is 0 Å². The fourth-order valence-corrected chi connectivity index (χ4v) is 2.31. The van der Waals surface area contributed by atoms with E-state index in [2.05, 4.69) is 42.2 Å². The Labute approximate surface area is 96.4 Å². The van der Waals surface area contributed by atoms with Crippen LogP contribution in [0.15, 0.2) is 23.4 Å². The van der Waals surface area contributed by atoms with Crippen LogP contribution in [0, 0.1) is 0 Å². The molecular weight excluding hydrogens is 200 g/mol. The largest absolute Gasteiger partial charge is 0.411 e. The summed E-state index contributed by atoms with van der Waals surface area (Å²) in [5.74, 6) is 0.252. The summed E-state index contributed by atoms with van der Waals surface area (Å²) in [7, 11) is 2.11. The van der Waals surface area contributed by atoms with E-state index in [1.54, 1.807) is 6.21 Å². The lowest BCUT2D eigenvalue weighted by Crippen LogP contribution is -2.27. The van der Waals surface area contributed by atoms with Crippen LogP contribution in [0.2, 0.25) is 0 Å². The Morgan fingerprint density at radius 1 is 1.56 bits per heavy atom. The molecular formula is C13H18N2O. The summed E-state index contributed by atoms with van der Waals surface area (Å²) in [5.41, 5.74) is 3.88. The number of benzene rings is 1. The zero-order chi connectivity index (χ0) is 11.5. The van der Waals surface area contributed by atoms with Gasteiger partial charge in [-0.15, -0.1) is 5.16 Å². The van der Waals surface area contributed by atoms with Crippen LogP contribution in [-0.2, 0) is 6.42 Å². The molecule has 0 radical (unpaired) electrons. The summed E-state index contributed by atoms with van der Waals surface area (Å²) < 4.78 is 0. The van der Waals surface area contributed by atoms with Gasteiger partial charge >= 0.3 is 0 Å². The SMILES string of the molecule is CCc1ccc2c(c1)C(C=NO)CCN2C. The quantitative estimate of drug-likeness (QED) is 0.470. The molecule has 0 fully saturated rings. The molecule has 0 saturated carbocycles. The van der Waals surface area contributed by atoms with Crippen molar-refractivity contribution in [3.05, 3.63) is 29.3 Å². The summed E-state index contributed by atoms with van der Waals surface area (Å²) in [6, 6.07) is 6.58. The van der Waals surface area contributed by atoms with Gasteiger partial charge in [-0.3, -0.25) is 0 Å². The Morgan fingerprint density at radius 2 is 2.38 bits per heavy atom. The summed E-state index contributed by atoms with van der Waals surface area (Å²) in [6.45, 7) is 3.17. The van der Waals surface area contributed by atoms with Gasteiger partial charge in [-0.2, -0.15) is 0 Å². The number of fused-ring (bicyclic) bond motifs is 1. The number of anilines is 1. The lowest BCUT2D eigenvalue weighted by molar-refractivity contribution is 0.319. The van der Waals surface area contributed by atoms with Crippen molar-refractivity contribution in [1.29, 1.82) is 0 Å². The van der Waals surface area contributed by atoms with E-state index in [0.717, 1.165) is 19.4 Å². The normalized spacial score (nSPS) is 20.1. The molecule has 1 atom stereocenters. The molecule has 3 nitrogen and oxygen atoms in total. The maximum atomic E-state index is 8.69. The van der Waals surface area contributed by atoms with Crippen LogP contribution < -0.4 is 4.90 Å². The molecule has 1 heterocycles. The molecule has 0 amide bonds. The number of aryl methyl sites for hydroxylation is 1. The Morgan fingerprint density at radius 3 is 3.06 bits per heavy atom. The second kappa shape index (κ2) is 4.56. The Kier molecular flexibility index (Phi) is 3.13. The van der Waals surface area contributed by atoms with E-state index in [1.807, 2.05) is 0 Å². The van der Waals surface area contributed by atoms with E-state index >= 15 is 0 Å². The van der Waals surface area contributed by atoms with E-state index < -0.39 is 0 Å². The zero-order valence-corrected chi connectivity index (χ0v) is 9.85. The second-order valence-corrected chi connectivity index (χ2v) is 4.33. The van der Waals surface area contributed by atoms with E-state index in [9.17, 15) is 0 Å². The van der Waals surface area contributed by atoms with Gasteiger partial charge in [0, 0.05) is 25.2 Å². The Bertz CT molecular complexity index is 401. The van der Waals surface area contributed by atoms with Crippen molar-refractivity contribution in [2.45, 2.75) is 25.7 Å². The van der Waals surface area contributed by atoms with Gasteiger partial charge in [0.15, 0.2) is 0 Å². The Balaban J connectivity index is 2.44. The van der Waals surface area contributed by atoms with Crippen LogP contribution in [0.5, 0.6) is 0 Å². The average Bonchev–Trinajstić information content (AvgIpc) is 2.32. The summed E-state index contributed by atoms with van der Waals surface area (Å²) >= 11 is 0. The molecule has 1 aromatic rings. The predicted molar refractivity (Wildman–Crippen MR) is 66.7 cm³/mol. The van der Waals surface area contributed by atoms with Gasteiger partial charge in [0.1, 0.15) is 0 Å². The van der Waals surface area contributed by atoms with Gasteiger partial charge in [0.25, 0.3) is 0 Å². The minimum atomic E-state index is 0.252. The minimum Gasteiger partial charge on any atom is -0.411 e. The van der Waals surface area contributed by atoms with Crippen LogP contribution in [0.3, 0.4) is 0 Å². The van der Waals surface area contributed by atoms with E-state index in [-0.39, 0.29) is 5.92 Å². The number of nitrogens with zero attached hydrogens (tertiary/aromatic N) is 2. The molecule has 0 aliphatic carbocycles. The van der Waals surface area contributed by atoms with Crippen molar-refractivity contribution in [1.82, 2.24) is 0 Å². The monoisotopic (exact) mass is 218 g/mol. The number of oxime groups is 1. The first-order chi connectivity index (χ1) is 7.76. The molecule has 1 aromatic carbocycles. The first kappa shape index (κ1) is 11.0. The third kappa shape index (κ3) is 1.90. The fraction of sp³-hybridized carbons (Fsp3) is 0.462. The molecule has 1 aliphatic heterocycles. The Hall–Kier alpha value is -1.51. The lowest BCUT2D eigenvalue weighted by atomic mass is 9.89. The van der Waals surface area contributed by atoms with Crippen LogP contribution in [0.1, 0.15) is 30.4 Å². The molecule has 0 saturated heterocycles. The highest BCUT2D eigenvalue weighted by Crippen LogP contribution is 2.34. The summed E-state index contributed by atoms with van der Waals surface area (Å²) in [5, 5.41) is 11.9. The standard InChI is InChI=1S/C13H18N2O/c1-3-10-4-5-13-12(8-10)11(9-14-16)6-7-15(13)2/h4-5,8-9,11,16H,3,6-7H2,1-2H3. The van der Waals surface area contributed by atoms with Crippen molar-refractivity contribution < 1.29 is 5.21 Å². The third-order valence-electron chi connectivity index (χ3n) is 3.33. The van der Waals surface area contributed by atoms with Crippen molar-refractivity contribution in [2.24, 2.45) is 5.16 Å². The van der Waals surface area contributed by atoms with Gasteiger partial charge in [-0.05, 0) is 30.0 Å². The van der Waals surface area contributed by atoms with Crippen LogP contribution in [-0.4, -0.2) is 25.0 Å². The smallest absolute Gasteiger partial charge is 0.0512 e. The molecule has 0 aromatic heterocycles. The summed E-state index contributed by atoms with van der Waals surface area (Å²) in [4.78, 5) is 2.26. The minimum absolute atomic E-state index is 0.252. The zero-order valence-electron chi connectivity index (χ0n) is 9.85. The maximum Gasteiger partial charge on any atom is 0.0512 e. The molecule has 2 rings (SSSR count). The van der Waals surface area contributed by atoms with E-state index in [0.29, 0.717) is 0 Å². The van der Waals surface area contributed by atoms with Crippen molar-refractivity contribution in [3.8, 4) is 0 Å². The third-order valence-corrected chi connectivity index (χ3v) is 3.33. The van der Waals surface area contributed by atoms with Gasteiger partial charge < -0.3 is 10.1 Å². The topological polar surface area (TPSA) is 35.8 Å². The van der Waals surface area contributed by atoms with Crippen molar-refractivity contribution in [3.63, 3.8) is 0 Å². The second-order valence-electron chi connectivity index (χ2n) is 4.33. The number of hydrogen-bond donors (Lipinski definition) is 1. The molecule has 0 spiro atoms. The van der Waals surface area contributed by atoms with Crippen LogP contribution in [0.4, 0.5) is 5.69 Å². The van der Waals surface area contributed by atoms with Gasteiger partial charge in [-0.25, -0.2) is 0 Å². The maximum absolute atomic E-state index is 8.69. The van der Waals surface area contributed by atoms with Crippen molar-refractivity contribution in [2.75, 3.05) is 18.5 Å². The fourth-order valence-electron chi connectivity index (χ4n) is 2.31. The molecule has 1 N–H and O–H groups in total. The predicted octanol–water partition coefficient (Wildman–Crippen LogP) is 2.63. The highest BCUT2D eigenvalue weighted by Gasteiger charge is 2.22. The van der Waals surface area contributed by atoms with Crippen LogP contribution in [0.25, 0.3) is 0 Å². The van der Waals surface area contributed by atoms with Crippen molar-refractivity contribution >= 4 is 11.9 Å². The molecule has 86 valence electrons. The van der Waals surface area contributed by atoms with E-state index in [1.165, 1.54) is 16.8 Å². The van der Waals surface area contributed by atoms with E-state index in [4.69, 9.17) is 5.21 Å². The molecule has 1 unspecified atom stereocenters. The molecule has 1 aliphatic rings. The number of hydrogen-bond acceptors (Lipinski definition) is 3.